The zero-order valence-corrected chi connectivity index (χ0v) is 12.4. The Kier molecular flexibility index (Phi) is 4.80. The largest absolute Gasteiger partial charge is 0.481 e. The van der Waals surface area contributed by atoms with Gasteiger partial charge in [0.1, 0.15) is 0 Å². The van der Waals surface area contributed by atoms with Gasteiger partial charge in [0.2, 0.25) is 5.91 Å². The minimum Gasteiger partial charge on any atom is -0.481 e. The Balaban J connectivity index is 2.18. The maximum atomic E-state index is 12.4. The van der Waals surface area contributed by atoms with Crippen LogP contribution in [0, 0.1) is 11.8 Å². The number of hydrogen-bond donors (Lipinski definition) is 2. The molecule has 1 amide bonds. The van der Waals surface area contributed by atoms with Gasteiger partial charge in [-0.2, -0.15) is 0 Å². The number of anilines is 1. The van der Waals surface area contributed by atoms with Crippen molar-refractivity contribution in [1.82, 2.24) is 0 Å². The first-order chi connectivity index (χ1) is 10.4. The summed E-state index contributed by atoms with van der Waals surface area (Å²) in [7, 11) is 0. The first-order valence-electron chi connectivity index (χ1n) is 7.23. The monoisotopic (exact) mass is 305 g/mol. The van der Waals surface area contributed by atoms with Crippen LogP contribution < -0.4 is 4.90 Å². The van der Waals surface area contributed by atoms with Crippen LogP contribution >= 0.6 is 0 Å². The maximum Gasteiger partial charge on any atom is 0.308 e. The van der Waals surface area contributed by atoms with Gasteiger partial charge < -0.3 is 15.1 Å². The Bertz CT molecular complexity index is 577. The molecule has 2 N–H and O–H groups in total. The molecule has 1 fully saturated rings. The third-order valence-electron chi connectivity index (χ3n) is 3.67. The summed E-state index contributed by atoms with van der Waals surface area (Å²) in [6, 6.07) is 6.66. The minimum absolute atomic E-state index is 0.0142. The van der Waals surface area contributed by atoms with Gasteiger partial charge in [-0.25, -0.2) is 0 Å². The normalized spacial score (nSPS) is 15.1. The van der Waals surface area contributed by atoms with E-state index in [1.54, 1.807) is 31.2 Å². The van der Waals surface area contributed by atoms with Crippen molar-refractivity contribution in [3.05, 3.63) is 29.8 Å². The minimum atomic E-state index is -0.948. The molecule has 1 aliphatic carbocycles. The molecule has 0 spiro atoms. The number of carboxylic acid groups (broad SMARTS) is 2. The van der Waals surface area contributed by atoms with Crippen molar-refractivity contribution in [1.29, 1.82) is 0 Å². The standard InChI is InChI=1S/C16H19NO5/c1-10(16(21)22)9-17(15(20)12-4-5-12)13-6-2-11(3-7-13)8-14(18)19/h2-3,6-7,10,12H,4-5,8-9H2,1H3,(H,18,19)(H,21,22). The predicted octanol–water partition coefficient (Wildman–Crippen LogP) is 1.78. The smallest absolute Gasteiger partial charge is 0.308 e. The van der Waals surface area contributed by atoms with Crippen LogP contribution in [0.15, 0.2) is 24.3 Å². The molecule has 0 radical (unpaired) electrons. The highest BCUT2D eigenvalue weighted by molar-refractivity contribution is 5.97. The molecule has 6 heteroatoms. The van der Waals surface area contributed by atoms with Gasteiger partial charge >= 0.3 is 11.9 Å². The van der Waals surface area contributed by atoms with E-state index in [-0.39, 0.29) is 24.8 Å². The molecule has 0 bridgehead atoms. The van der Waals surface area contributed by atoms with E-state index >= 15 is 0 Å². The molecule has 22 heavy (non-hydrogen) atoms. The molecule has 0 aromatic heterocycles. The summed E-state index contributed by atoms with van der Waals surface area (Å²) in [5.41, 5.74) is 1.25. The second-order valence-corrected chi connectivity index (χ2v) is 5.70. The first kappa shape index (κ1) is 16.0. The van der Waals surface area contributed by atoms with Crippen molar-refractivity contribution in [2.24, 2.45) is 11.8 Å². The fraction of sp³-hybridized carbons (Fsp3) is 0.438. The summed E-state index contributed by atoms with van der Waals surface area (Å²) in [4.78, 5) is 35.6. The lowest BCUT2D eigenvalue weighted by molar-refractivity contribution is -0.141. The number of nitrogens with zero attached hydrogens (tertiary/aromatic N) is 1. The van der Waals surface area contributed by atoms with E-state index in [0.29, 0.717) is 11.3 Å². The van der Waals surface area contributed by atoms with Gasteiger partial charge in [0.15, 0.2) is 0 Å². The summed E-state index contributed by atoms with van der Waals surface area (Å²) >= 11 is 0. The van der Waals surface area contributed by atoms with Crippen molar-refractivity contribution in [3.63, 3.8) is 0 Å². The Morgan fingerprint density at radius 1 is 1.18 bits per heavy atom. The lowest BCUT2D eigenvalue weighted by Crippen LogP contribution is -2.38. The maximum absolute atomic E-state index is 12.4. The van der Waals surface area contributed by atoms with Crippen molar-refractivity contribution >= 4 is 23.5 Å². The molecule has 0 heterocycles. The second kappa shape index (κ2) is 6.60. The molecule has 0 saturated heterocycles. The van der Waals surface area contributed by atoms with Gasteiger partial charge in [-0.1, -0.05) is 19.1 Å². The van der Waals surface area contributed by atoms with Gasteiger partial charge in [0.25, 0.3) is 0 Å². The van der Waals surface area contributed by atoms with Gasteiger partial charge in [-0.3, -0.25) is 14.4 Å². The van der Waals surface area contributed by atoms with Crippen LogP contribution in [0.3, 0.4) is 0 Å². The highest BCUT2D eigenvalue weighted by Crippen LogP contribution is 2.33. The molecular weight excluding hydrogens is 286 g/mol. The van der Waals surface area contributed by atoms with Gasteiger partial charge in [0, 0.05) is 18.2 Å². The van der Waals surface area contributed by atoms with Crippen LogP contribution in [0.2, 0.25) is 0 Å². The Morgan fingerprint density at radius 2 is 1.77 bits per heavy atom. The fourth-order valence-electron chi connectivity index (χ4n) is 2.19. The van der Waals surface area contributed by atoms with Gasteiger partial charge in [-0.05, 0) is 30.5 Å². The molecule has 1 aromatic carbocycles. The van der Waals surface area contributed by atoms with Gasteiger partial charge in [0.05, 0.1) is 12.3 Å². The molecule has 1 saturated carbocycles. The summed E-state index contributed by atoms with van der Waals surface area (Å²) in [5, 5.41) is 17.8. The Morgan fingerprint density at radius 3 is 2.23 bits per heavy atom. The van der Waals surface area contributed by atoms with E-state index in [2.05, 4.69) is 0 Å². The zero-order valence-electron chi connectivity index (χ0n) is 12.4. The average Bonchev–Trinajstić information content (AvgIpc) is 3.28. The first-order valence-corrected chi connectivity index (χ1v) is 7.23. The third-order valence-corrected chi connectivity index (χ3v) is 3.67. The van der Waals surface area contributed by atoms with E-state index in [1.807, 2.05) is 0 Å². The number of benzene rings is 1. The highest BCUT2D eigenvalue weighted by Gasteiger charge is 2.35. The van der Waals surface area contributed by atoms with Crippen LogP contribution in [0.5, 0.6) is 0 Å². The molecule has 2 rings (SSSR count). The Hall–Kier alpha value is -2.37. The topological polar surface area (TPSA) is 94.9 Å². The van der Waals surface area contributed by atoms with Crippen molar-refractivity contribution in [3.8, 4) is 0 Å². The lowest BCUT2D eigenvalue weighted by atomic mass is 10.1. The summed E-state index contributed by atoms with van der Waals surface area (Å²) in [6.45, 7) is 1.68. The Labute approximate surface area is 128 Å². The molecule has 1 aromatic rings. The van der Waals surface area contributed by atoms with E-state index in [4.69, 9.17) is 10.2 Å². The second-order valence-electron chi connectivity index (χ2n) is 5.70. The number of carbonyl (C=O) groups excluding carboxylic acids is 1. The number of rotatable bonds is 7. The molecule has 1 atom stereocenters. The van der Waals surface area contributed by atoms with Crippen LogP contribution in [-0.4, -0.2) is 34.6 Å². The zero-order chi connectivity index (χ0) is 16.3. The summed E-state index contributed by atoms with van der Waals surface area (Å²) in [6.07, 6.45) is 1.60. The number of hydrogen-bond acceptors (Lipinski definition) is 3. The number of carboxylic acids is 2. The van der Waals surface area contributed by atoms with Crippen molar-refractivity contribution in [2.45, 2.75) is 26.2 Å². The third kappa shape index (κ3) is 4.07. The predicted molar refractivity (Wildman–Crippen MR) is 79.7 cm³/mol. The van der Waals surface area contributed by atoms with Crippen molar-refractivity contribution < 1.29 is 24.6 Å². The van der Waals surface area contributed by atoms with Crippen LogP contribution in [0.4, 0.5) is 5.69 Å². The quantitative estimate of drug-likeness (QED) is 0.800. The fourth-order valence-corrected chi connectivity index (χ4v) is 2.19. The number of amides is 1. The lowest BCUT2D eigenvalue weighted by Gasteiger charge is -2.25. The number of aliphatic carboxylic acids is 2. The summed E-state index contributed by atoms with van der Waals surface area (Å²) < 4.78 is 0. The average molecular weight is 305 g/mol. The van der Waals surface area contributed by atoms with Crippen molar-refractivity contribution in [2.75, 3.05) is 11.4 Å². The molecular formula is C16H19NO5. The number of carbonyl (C=O) groups is 3. The van der Waals surface area contributed by atoms with Crippen LogP contribution in [0.1, 0.15) is 25.3 Å². The highest BCUT2D eigenvalue weighted by atomic mass is 16.4. The molecule has 6 nitrogen and oxygen atoms in total. The van der Waals surface area contributed by atoms with E-state index in [9.17, 15) is 14.4 Å². The van der Waals surface area contributed by atoms with E-state index in [0.717, 1.165) is 12.8 Å². The summed E-state index contributed by atoms with van der Waals surface area (Å²) in [5.74, 6) is -2.60. The molecule has 118 valence electrons. The van der Waals surface area contributed by atoms with E-state index < -0.39 is 17.9 Å². The van der Waals surface area contributed by atoms with Crippen LogP contribution in [0.25, 0.3) is 0 Å². The van der Waals surface area contributed by atoms with E-state index in [1.165, 1.54) is 4.90 Å². The molecule has 1 unspecified atom stereocenters. The molecule has 0 aliphatic heterocycles. The van der Waals surface area contributed by atoms with Gasteiger partial charge in [-0.15, -0.1) is 0 Å². The SMILES string of the molecule is CC(CN(C(=O)C1CC1)c1ccc(CC(=O)O)cc1)C(=O)O. The molecule has 1 aliphatic rings. The van der Waals surface area contributed by atoms with Crippen LogP contribution in [-0.2, 0) is 20.8 Å².